The quantitative estimate of drug-likeness (QED) is 0.00919. The molecule has 2 saturated heterocycles. The third kappa shape index (κ3) is 34.6. The third-order valence-electron chi connectivity index (χ3n) is 15.8. The fourth-order valence-corrected chi connectivity index (χ4v) is 11.5. The summed E-state index contributed by atoms with van der Waals surface area (Å²) in [6, 6.07) is 0. The van der Waals surface area contributed by atoms with Gasteiger partial charge in [-0.3, -0.25) is 28.8 Å². The van der Waals surface area contributed by atoms with Gasteiger partial charge in [-0.1, -0.05) is 85.1 Å². The van der Waals surface area contributed by atoms with E-state index < -0.39 is 62.4 Å². The summed E-state index contributed by atoms with van der Waals surface area (Å²) in [5, 5.41) is 7.00. The van der Waals surface area contributed by atoms with Gasteiger partial charge in [-0.15, -0.1) is 0 Å². The van der Waals surface area contributed by atoms with E-state index in [2.05, 4.69) is 9.47 Å². The number of ether oxygens (including phenoxy) is 8. The summed E-state index contributed by atoms with van der Waals surface area (Å²) in [5.41, 5.74) is 0. The van der Waals surface area contributed by atoms with Crippen molar-refractivity contribution >= 4 is 49.9 Å². The molecule has 2 saturated carbocycles. The van der Waals surface area contributed by atoms with Crippen molar-refractivity contribution in [3.8, 4) is 0 Å². The van der Waals surface area contributed by atoms with Crippen molar-refractivity contribution in [3.05, 3.63) is 22.1 Å². The first-order valence-electron chi connectivity index (χ1n) is 30.3. The molecule has 496 valence electrons. The van der Waals surface area contributed by atoms with Gasteiger partial charge in [0.2, 0.25) is 11.6 Å². The molecule has 0 aromatic heterocycles. The molecule has 4 rings (SSSR count). The molecule has 4 aliphatic rings. The largest absolute Gasteiger partial charge is 1.00 e. The van der Waals surface area contributed by atoms with Crippen molar-refractivity contribution < 1.29 is 119 Å². The van der Waals surface area contributed by atoms with E-state index in [1.807, 2.05) is 13.8 Å². The van der Waals surface area contributed by atoms with Gasteiger partial charge in [0.1, 0.15) is 18.5 Å². The summed E-state index contributed by atoms with van der Waals surface area (Å²) in [4.78, 5) is 95.5. The van der Waals surface area contributed by atoms with Crippen molar-refractivity contribution in [1.82, 2.24) is 0 Å². The molecule has 86 heavy (non-hydrogen) atoms. The summed E-state index contributed by atoms with van der Waals surface area (Å²) in [7, 11) is 4.16. The number of carbonyl (C=O) groups is 7. The first kappa shape index (κ1) is 84.8. The molecule has 25 heteroatoms. The second-order valence-corrected chi connectivity index (χ2v) is 24.3. The maximum Gasteiger partial charge on any atom is 1.00 e. The Kier molecular flexibility index (Phi) is 47.9. The number of aliphatic hydroxyl groups excluding tert-OH is 1. The van der Waals surface area contributed by atoms with Crippen molar-refractivity contribution in [2.45, 2.75) is 244 Å². The van der Waals surface area contributed by atoms with Gasteiger partial charge in [0.25, 0.3) is 0 Å². The van der Waals surface area contributed by atoms with Crippen molar-refractivity contribution in [1.29, 1.82) is 0 Å². The predicted octanol–water partition coefficient (Wildman–Crippen LogP) is 9.45. The Balaban J connectivity index is -0.00000126. The number of rotatable bonds is 34. The SMILES string of the molecule is CC[C@H](C)CC(F)(F)C(=O)/C=C/[C@@H]1[C@@H](CCCCCCC(=O)OC)[C@@H](OC(C)=O)C[C@H]1OC1CCCCO1.CC[C@H](C)CC(F)(F)C(=O)CP(C)OC.CO.COC(=O)CCCCCC[C@@H]1[C@@H](C=O)[C@H](OC2CCCCO2)C[C@@H]1OC(C)=O.O=O.[H-].[Li+]. The molecule has 0 amide bonds. The number of unbranched alkanes of at least 4 members (excludes halogenated alkanes) is 6. The van der Waals surface area contributed by atoms with Crippen LogP contribution in [0.3, 0.4) is 0 Å². The number of alkyl halides is 4. The van der Waals surface area contributed by atoms with E-state index in [4.69, 9.17) is 48.0 Å². The van der Waals surface area contributed by atoms with E-state index in [9.17, 15) is 51.1 Å². The number of Topliss-reactive ketones (excluding diaryl/α,β-unsaturated/α-hetero) is 1. The van der Waals surface area contributed by atoms with Gasteiger partial charge < -0.3 is 53.7 Å². The maximum absolute atomic E-state index is 14.6. The fraction of sp³-hybridized carbons (Fsp3) is 0.852. The number of methoxy groups -OCH3 is 2. The molecule has 2 aliphatic heterocycles. The van der Waals surface area contributed by atoms with Crippen LogP contribution in [-0.2, 0) is 76.0 Å². The van der Waals surface area contributed by atoms with Gasteiger partial charge in [-0.2, -0.15) is 17.6 Å². The predicted molar refractivity (Wildman–Crippen MR) is 315 cm³/mol. The summed E-state index contributed by atoms with van der Waals surface area (Å²) in [5.74, 6) is -11.2. The molecule has 0 aromatic rings. The molecular weight excluding hydrogens is 1150 g/mol. The molecule has 0 radical (unpaired) electrons. The van der Waals surface area contributed by atoms with Crippen LogP contribution in [0.15, 0.2) is 12.2 Å². The Labute approximate surface area is 523 Å². The fourth-order valence-electron chi connectivity index (χ4n) is 10.7. The molecule has 2 heterocycles. The Morgan fingerprint density at radius 2 is 1.05 bits per heavy atom. The summed E-state index contributed by atoms with van der Waals surface area (Å²) in [6.07, 6.45) is 17.3. The number of aliphatic hydroxyl groups is 1. The van der Waals surface area contributed by atoms with Crippen molar-refractivity contribution in [2.75, 3.05) is 54.5 Å². The molecule has 0 aromatic carbocycles. The molecule has 3 unspecified atom stereocenters. The number of hydrogen-bond acceptors (Lipinski definition) is 19. The Bertz CT molecular complexity index is 1920. The summed E-state index contributed by atoms with van der Waals surface area (Å²) >= 11 is 0. The molecule has 13 atom stereocenters. The van der Waals surface area contributed by atoms with E-state index in [1.54, 1.807) is 26.6 Å². The normalized spacial score (nSPS) is 24.6. The van der Waals surface area contributed by atoms with Crippen LogP contribution in [0.1, 0.15) is 197 Å². The van der Waals surface area contributed by atoms with Gasteiger partial charge in [-0.05, 0) is 88.8 Å². The van der Waals surface area contributed by atoms with Crippen LogP contribution in [0.25, 0.3) is 0 Å². The minimum atomic E-state index is -3.43. The molecular formula is C61H104F4LiO19P. The van der Waals surface area contributed by atoms with Gasteiger partial charge in [0, 0.05) is 122 Å². The van der Waals surface area contributed by atoms with Crippen LogP contribution in [-0.4, -0.2) is 150 Å². The molecule has 4 fully saturated rings. The van der Waals surface area contributed by atoms with E-state index in [0.29, 0.717) is 58.2 Å². The maximum atomic E-state index is 14.6. The third-order valence-corrected chi connectivity index (χ3v) is 17.1. The van der Waals surface area contributed by atoms with Gasteiger partial charge >= 0.3 is 54.6 Å². The number of allylic oxidation sites excluding steroid dienone is 1. The molecule has 0 bridgehead atoms. The van der Waals surface area contributed by atoms with Gasteiger partial charge in [0.15, 0.2) is 12.6 Å². The number of aldehydes is 1. The average molecular weight is 1260 g/mol. The summed E-state index contributed by atoms with van der Waals surface area (Å²) < 4.78 is 105. The van der Waals surface area contributed by atoms with Crippen LogP contribution in [0.2, 0.25) is 0 Å². The molecule has 0 spiro atoms. The molecule has 19 nitrogen and oxygen atoms in total. The van der Waals surface area contributed by atoms with E-state index in [0.717, 1.165) is 116 Å². The minimum absolute atomic E-state index is 0. The van der Waals surface area contributed by atoms with Crippen molar-refractivity contribution in [3.63, 3.8) is 0 Å². The van der Waals surface area contributed by atoms with E-state index in [-0.39, 0.29) is 105 Å². The molecule has 2 aliphatic carbocycles. The average Bonchev–Trinajstić information content (AvgIpc) is 3.08. The van der Waals surface area contributed by atoms with Crippen molar-refractivity contribution in [2.24, 2.45) is 35.5 Å². The van der Waals surface area contributed by atoms with Crippen LogP contribution >= 0.6 is 8.15 Å². The number of esters is 4. The number of carbonyl (C=O) groups excluding carboxylic acids is 7. The van der Waals surface area contributed by atoms with Gasteiger partial charge in [-0.25, -0.2) is 0 Å². The van der Waals surface area contributed by atoms with E-state index >= 15 is 0 Å². The Hall–Kier alpha value is -3.26. The standard InChI is InChI=1S/C29H46F2O7.C21H34O7.C10H19F2O2P.CH4O.Li.O2.H/c1-5-20(2)19-29(30,31)26(33)16-15-23-22(12-8-6-7-9-13-27(34)35-4)24(37-21(3)32)18-25(23)38-28-14-10-11-17-36-28;1-15(23)27-18-13-19(28-21-11-7-8-12-26-21)17(14-22)16(18)9-5-3-4-6-10-20(24)25-2;1-5-8(2)6-10(11,12)9(13)7-15(4)14-3;1-2;;1-2;/h15-16,20,22-25,28H,5-14,17-19H2,1-4H3;14,16-19,21H,3-13H2,1-2H3;8H,5-7H2,1-4H3;2H,1H3;;;/q;;;;+1;;-1/b16-15+;;;;;;/t20-,22+,23+,24-,25+,28?;16-,17-,18+,19-,21?;8-,15?;;;;/m010..../s1. The topological polar surface area (TPSA) is 257 Å². The van der Waals surface area contributed by atoms with Gasteiger partial charge in [0.05, 0.1) is 32.6 Å². The van der Waals surface area contributed by atoms with E-state index in [1.165, 1.54) is 35.2 Å². The zero-order valence-electron chi connectivity index (χ0n) is 54.5. The van der Waals surface area contributed by atoms with Crippen LogP contribution in [0.4, 0.5) is 17.6 Å². The smallest absolute Gasteiger partial charge is 1.00 e. The summed E-state index contributed by atoms with van der Waals surface area (Å²) in [6.45, 7) is 12.8. The second-order valence-electron chi connectivity index (χ2n) is 22.3. The Morgan fingerprint density at radius 1 is 0.640 bits per heavy atom. The minimum Gasteiger partial charge on any atom is -1.00 e. The second kappa shape index (κ2) is 48.6. The Morgan fingerprint density at radius 3 is 1.42 bits per heavy atom. The monoisotopic (exact) mass is 1250 g/mol. The molecule has 1 N–H and O–H groups in total. The number of halogens is 4. The zero-order chi connectivity index (χ0) is 64.5. The number of hydrogen-bond donors (Lipinski definition) is 1. The van der Waals surface area contributed by atoms with Crippen LogP contribution < -0.4 is 18.9 Å². The number of ketones is 2. The van der Waals surface area contributed by atoms with Crippen LogP contribution in [0, 0.1) is 45.4 Å². The first-order valence-corrected chi connectivity index (χ1v) is 32.2. The van der Waals surface area contributed by atoms with Crippen LogP contribution in [0.5, 0.6) is 0 Å². The zero-order valence-corrected chi connectivity index (χ0v) is 54.4. The first-order chi connectivity index (χ1) is 40.4.